The predicted molar refractivity (Wildman–Crippen MR) is 57.0 cm³/mol. The molecule has 0 unspecified atom stereocenters. The molecule has 70 valence electrons. The van der Waals surface area contributed by atoms with Crippen molar-refractivity contribution in [3.63, 3.8) is 0 Å². The third-order valence-corrected chi connectivity index (χ3v) is 3.82. The molecule has 0 saturated carbocycles. The lowest BCUT2D eigenvalue weighted by molar-refractivity contribution is 0.0651. The van der Waals surface area contributed by atoms with E-state index in [2.05, 4.69) is 13.0 Å². The van der Waals surface area contributed by atoms with Gasteiger partial charge in [-0.25, -0.2) is 0 Å². The molecule has 0 spiro atoms. The molecule has 0 aliphatic carbocycles. The van der Waals surface area contributed by atoms with Gasteiger partial charge in [0.25, 0.3) is 0 Å². The van der Waals surface area contributed by atoms with Crippen molar-refractivity contribution in [1.82, 2.24) is 0 Å². The van der Waals surface area contributed by atoms with Gasteiger partial charge in [0, 0.05) is 5.75 Å². The fraction of sp³-hybridized carbons (Fsp3) is 0.455. The fourth-order valence-electron chi connectivity index (χ4n) is 1.86. The van der Waals surface area contributed by atoms with Crippen LogP contribution >= 0.6 is 11.8 Å². The predicted octanol–water partition coefficient (Wildman–Crippen LogP) is 2.32. The number of hydrogen-bond acceptors (Lipinski definition) is 2. The van der Waals surface area contributed by atoms with Crippen molar-refractivity contribution in [2.75, 3.05) is 11.5 Å². The molecule has 0 radical (unpaired) electrons. The van der Waals surface area contributed by atoms with Crippen molar-refractivity contribution in [2.24, 2.45) is 0 Å². The van der Waals surface area contributed by atoms with Crippen molar-refractivity contribution < 1.29 is 5.11 Å². The van der Waals surface area contributed by atoms with Crippen molar-refractivity contribution in [3.05, 3.63) is 35.4 Å². The highest BCUT2D eigenvalue weighted by atomic mass is 32.2. The molecule has 2 heteroatoms. The number of aliphatic hydroxyl groups is 1. The van der Waals surface area contributed by atoms with Crippen LogP contribution in [0, 0.1) is 6.92 Å². The van der Waals surface area contributed by atoms with Gasteiger partial charge in [-0.3, -0.25) is 0 Å². The molecule has 1 aliphatic heterocycles. The third-order valence-electron chi connectivity index (χ3n) is 2.65. The van der Waals surface area contributed by atoms with E-state index in [-0.39, 0.29) is 0 Å². The van der Waals surface area contributed by atoms with Crippen LogP contribution in [0.1, 0.15) is 17.5 Å². The molecule has 1 heterocycles. The van der Waals surface area contributed by atoms with E-state index >= 15 is 0 Å². The van der Waals surface area contributed by atoms with Crippen LogP contribution in [0.3, 0.4) is 0 Å². The third kappa shape index (κ3) is 1.61. The van der Waals surface area contributed by atoms with E-state index in [0.717, 1.165) is 23.5 Å². The molecule has 0 aromatic heterocycles. The molecule has 1 N–H and O–H groups in total. The molecular weight excluding hydrogens is 180 g/mol. The van der Waals surface area contributed by atoms with Crippen LogP contribution in [0.5, 0.6) is 0 Å². The normalized spacial score (nSPS) is 27.8. The number of aryl methyl sites for hydroxylation is 1. The van der Waals surface area contributed by atoms with E-state index < -0.39 is 5.60 Å². The number of hydrogen-bond donors (Lipinski definition) is 1. The van der Waals surface area contributed by atoms with Gasteiger partial charge in [0.2, 0.25) is 0 Å². The monoisotopic (exact) mass is 194 g/mol. The first-order chi connectivity index (χ1) is 6.22. The Bertz CT molecular complexity index is 303. The smallest absolute Gasteiger partial charge is 0.0996 e. The van der Waals surface area contributed by atoms with Gasteiger partial charge >= 0.3 is 0 Å². The van der Waals surface area contributed by atoms with Gasteiger partial charge < -0.3 is 5.11 Å². The lowest BCUT2D eigenvalue weighted by Crippen LogP contribution is -2.25. The lowest BCUT2D eigenvalue weighted by atomic mass is 9.90. The van der Waals surface area contributed by atoms with E-state index in [1.807, 2.05) is 30.0 Å². The quantitative estimate of drug-likeness (QED) is 0.740. The summed E-state index contributed by atoms with van der Waals surface area (Å²) in [7, 11) is 0. The van der Waals surface area contributed by atoms with Crippen molar-refractivity contribution >= 4 is 11.8 Å². The molecule has 1 atom stereocenters. The van der Waals surface area contributed by atoms with Gasteiger partial charge in [-0.2, -0.15) is 11.8 Å². The van der Waals surface area contributed by atoms with Gasteiger partial charge in [-0.05, 0) is 30.2 Å². The minimum absolute atomic E-state index is 0.560. The molecule has 1 aromatic carbocycles. The second kappa shape index (κ2) is 3.35. The van der Waals surface area contributed by atoms with Crippen LogP contribution in [0.25, 0.3) is 0 Å². The van der Waals surface area contributed by atoms with Gasteiger partial charge in [0.05, 0.1) is 5.60 Å². The van der Waals surface area contributed by atoms with Crippen LogP contribution in [-0.4, -0.2) is 16.6 Å². The van der Waals surface area contributed by atoms with Gasteiger partial charge in [-0.1, -0.05) is 24.3 Å². The Balaban J connectivity index is 2.39. The number of thioether (sulfide) groups is 1. The average molecular weight is 194 g/mol. The Morgan fingerprint density at radius 2 is 2.15 bits per heavy atom. The summed E-state index contributed by atoms with van der Waals surface area (Å²) in [6, 6.07) is 8.13. The highest BCUT2D eigenvalue weighted by molar-refractivity contribution is 7.99. The summed E-state index contributed by atoms with van der Waals surface area (Å²) in [5.41, 5.74) is 1.75. The molecule has 1 aromatic rings. The highest BCUT2D eigenvalue weighted by Crippen LogP contribution is 2.37. The first kappa shape index (κ1) is 9.10. The van der Waals surface area contributed by atoms with E-state index in [9.17, 15) is 5.11 Å². The van der Waals surface area contributed by atoms with Gasteiger partial charge in [-0.15, -0.1) is 0 Å². The molecule has 0 amide bonds. The molecule has 1 fully saturated rings. The Morgan fingerprint density at radius 3 is 2.77 bits per heavy atom. The Hall–Kier alpha value is -0.470. The summed E-state index contributed by atoms with van der Waals surface area (Å²) in [4.78, 5) is 0. The number of benzene rings is 1. The van der Waals surface area contributed by atoms with Crippen LogP contribution in [0.2, 0.25) is 0 Å². The van der Waals surface area contributed by atoms with E-state index in [1.54, 1.807) is 0 Å². The maximum Gasteiger partial charge on any atom is 0.0996 e. The summed E-state index contributed by atoms with van der Waals surface area (Å²) in [6.07, 6.45) is 0.891. The second-order valence-electron chi connectivity index (χ2n) is 3.65. The maximum absolute atomic E-state index is 10.3. The number of rotatable bonds is 1. The topological polar surface area (TPSA) is 20.2 Å². The first-order valence-corrected chi connectivity index (χ1v) is 5.74. The summed E-state index contributed by atoms with van der Waals surface area (Å²) < 4.78 is 0. The molecule has 0 bridgehead atoms. The highest BCUT2D eigenvalue weighted by Gasteiger charge is 2.34. The summed E-state index contributed by atoms with van der Waals surface area (Å²) in [5.74, 6) is 1.92. The Morgan fingerprint density at radius 1 is 1.38 bits per heavy atom. The van der Waals surface area contributed by atoms with Crippen molar-refractivity contribution in [3.8, 4) is 0 Å². The summed E-state index contributed by atoms with van der Waals surface area (Å²) in [5, 5.41) is 10.3. The van der Waals surface area contributed by atoms with Gasteiger partial charge in [0.15, 0.2) is 0 Å². The molecule has 1 aliphatic rings. The fourth-order valence-corrected chi connectivity index (χ4v) is 3.13. The van der Waals surface area contributed by atoms with Crippen molar-refractivity contribution in [1.29, 1.82) is 0 Å². The van der Waals surface area contributed by atoms with Crippen molar-refractivity contribution in [2.45, 2.75) is 18.9 Å². The Labute approximate surface area is 83.2 Å². The first-order valence-electron chi connectivity index (χ1n) is 4.59. The summed E-state index contributed by atoms with van der Waals surface area (Å²) >= 11 is 1.83. The minimum atomic E-state index is -0.560. The zero-order valence-electron chi connectivity index (χ0n) is 7.79. The second-order valence-corrected chi connectivity index (χ2v) is 4.75. The lowest BCUT2D eigenvalue weighted by Gasteiger charge is -2.23. The van der Waals surface area contributed by atoms with E-state index in [4.69, 9.17) is 0 Å². The van der Waals surface area contributed by atoms with Crippen LogP contribution in [0.4, 0.5) is 0 Å². The maximum atomic E-state index is 10.3. The molecule has 1 nitrogen and oxygen atoms in total. The SMILES string of the molecule is Cc1ccccc1[C@@]1(O)CCSC1. The molecule has 2 rings (SSSR count). The van der Waals surface area contributed by atoms with E-state index in [1.165, 1.54) is 5.56 Å². The minimum Gasteiger partial charge on any atom is -0.384 e. The molecular formula is C11H14OS. The summed E-state index contributed by atoms with van der Waals surface area (Å²) in [6.45, 7) is 2.07. The largest absolute Gasteiger partial charge is 0.384 e. The van der Waals surface area contributed by atoms with Crippen LogP contribution < -0.4 is 0 Å². The standard InChI is InChI=1S/C11H14OS/c1-9-4-2-3-5-10(9)11(12)6-7-13-8-11/h2-5,12H,6-8H2,1H3/t11-/m1/s1. The average Bonchev–Trinajstić information content (AvgIpc) is 2.54. The van der Waals surface area contributed by atoms with E-state index in [0.29, 0.717) is 0 Å². The Kier molecular flexibility index (Phi) is 2.35. The van der Waals surface area contributed by atoms with Gasteiger partial charge in [0.1, 0.15) is 0 Å². The van der Waals surface area contributed by atoms with Crippen LogP contribution in [0.15, 0.2) is 24.3 Å². The zero-order valence-corrected chi connectivity index (χ0v) is 8.60. The molecule has 13 heavy (non-hydrogen) atoms. The van der Waals surface area contributed by atoms with Crippen LogP contribution in [-0.2, 0) is 5.60 Å². The zero-order chi connectivity index (χ0) is 9.31. The molecule has 1 saturated heterocycles.